The van der Waals surface area contributed by atoms with E-state index in [0.29, 0.717) is 5.92 Å². The molecule has 0 aromatic carbocycles. The Morgan fingerprint density at radius 2 is 2.38 bits per heavy atom. The molecule has 16 heavy (non-hydrogen) atoms. The third kappa shape index (κ3) is 2.19. The lowest BCUT2D eigenvalue weighted by Crippen LogP contribution is -2.10. The van der Waals surface area contributed by atoms with Gasteiger partial charge < -0.3 is 5.32 Å². The summed E-state index contributed by atoms with van der Waals surface area (Å²) in [5.74, 6) is 0.684. The molecule has 84 valence electrons. The molecule has 0 saturated heterocycles. The molecule has 1 aliphatic rings. The largest absolute Gasteiger partial charge is 0.358 e. The van der Waals surface area contributed by atoms with Crippen molar-refractivity contribution in [3.63, 3.8) is 0 Å². The second kappa shape index (κ2) is 4.17. The minimum absolute atomic E-state index is 0.684. The highest BCUT2D eigenvalue weighted by Gasteiger charge is 2.27. The zero-order valence-corrected chi connectivity index (χ0v) is 9.52. The van der Waals surface area contributed by atoms with Gasteiger partial charge in [-0.3, -0.25) is 4.68 Å². The second-order valence-corrected chi connectivity index (χ2v) is 4.82. The molecule has 0 bridgehead atoms. The minimum atomic E-state index is 0.684. The van der Waals surface area contributed by atoms with Crippen LogP contribution in [0.2, 0.25) is 0 Å². The van der Waals surface area contributed by atoms with E-state index in [9.17, 15) is 0 Å². The number of aromatic nitrogens is 5. The van der Waals surface area contributed by atoms with Crippen LogP contribution in [0.25, 0.3) is 0 Å². The van der Waals surface area contributed by atoms with Crippen LogP contribution in [0, 0.1) is 0 Å². The molecule has 2 aromatic rings. The van der Waals surface area contributed by atoms with Crippen LogP contribution in [-0.4, -0.2) is 31.7 Å². The Morgan fingerprint density at radius 3 is 3.12 bits per heavy atom. The highest BCUT2D eigenvalue weighted by Crippen LogP contribution is 2.41. The Kier molecular flexibility index (Phi) is 2.53. The van der Waals surface area contributed by atoms with Gasteiger partial charge in [-0.1, -0.05) is 16.6 Å². The van der Waals surface area contributed by atoms with Crippen LogP contribution in [0.1, 0.15) is 23.8 Å². The molecule has 7 heteroatoms. The lowest BCUT2D eigenvalue weighted by atomic mass is 10.5. The number of nitrogens with one attached hydrogen (secondary N) is 1. The third-order valence-electron chi connectivity index (χ3n) is 2.46. The van der Waals surface area contributed by atoms with Gasteiger partial charge in [0.25, 0.3) is 0 Å². The van der Waals surface area contributed by atoms with Gasteiger partial charge in [0.1, 0.15) is 5.01 Å². The Balaban J connectivity index is 1.50. The van der Waals surface area contributed by atoms with Crippen molar-refractivity contribution in [1.29, 1.82) is 0 Å². The van der Waals surface area contributed by atoms with Gasteiger partial charge in [-0.05, 0) is 12.8 Å². The van der Waals surface area contributed by atoms with Gasteiger partial charge in [0.2, 0.25) is 5.13 Å². The average molecular weight is 236 g/mol. The molecular weight excluding hydrogens is 224 g/mol. The van der Waals surface area contributed by atoms with E-state index in [1.165, 1.54) is 17.8 Å². The molecule has 0 amide bonds. The lowest BCUT2D eigenvalue weighted by Gasteiger charge is -2.00. The van der Waals surface area contributed by atoms with E-state index in [4.69, 9.17) is 0 Å². The lowest BCUT2D eigenvalue weighted by molar-refractivity contribution is 0.608. The van der Waals surface area contributed by atoms with Crippen LogP contribution >= 0.6 is 11.3 Å². The summed E-state index contributed by atoms with van der Waals surface area (Å²) in [6.45, 7) is 1.58. The molecule has 6 nitrogen and oxygen atoms in total. The molecular formula is C9H12N6S. The topological polar surface area (TPSA) is 68.5 Å². The van der Waals surface area contributed by atoms with Crippen LogP contribution in [-0.2, 0) is 6.54 Å². The molecule has 1 fully saturated rings. The van der Waals surface area contributed by atoms with E-state index < -0.39 is 0 Å². The van der Waals surface area contributed by atoms with E-state index in [1.807, 2.05) is 6.20 Å². The van der Waals surface area contributed by atoms with Crippen molar-refractivity contribution in [1.82, 2.24) is 25.2 Å². The summed E-state index contributed by atoms with van der Waals surface area (Å²) in [6.07, 6.45) is 6.06. The van der Waals surface area contributed by atoms with Crippen LogP contribution in [0.4, 0.5) is 5.13 Å². The van der Waals surface area contributed by atoms with E-state index in [-0.39, 0.29) is 0 Å². The van der Waals surface area contributed by atoms with Crippen LogP contribution in [0.5, 0.6) is 0 Å². The van der Waals surface area contributed by atoms with Gasteiger partial charge in [-0.2, -0.15) is 0 Å². The van der Waals surface area contributed by atoms with Gasteiger partial charge in [-0.15, -0.1) is 15.3 Å². The fraction of sp³-hybridized carbons (Fsp3) is 0.556. The maximum atomic E-state index is 4.17. The number of anilines is 1. The molecule has 0 aliphatic heterocycles. The van der Waals surface area contributed by atoms with Crippen LogP contribution in [0.3, 0.4) is 0 Å². The summed E-state index contributed by atoms with van der Waals surface area (Å²) in [4.78, 5) is 0. The first kappa shape index (κ1) is 9.71. The Labute approximate surface area is 96.7 Å². The summed E-state index contributed by atoms with van der Waals surface area (Å²) in [5.41, 5.74) is 0. The standard InChI is InChI=1S/C9H12N6S/c1-2-7(1)8-12-13-9(16-8)10-3-5-15-6-4-11-14-15/h4,6-7H,1-3,5H2,(H,10,13). The van der Waals surface area contributed by atoms with Crippen molar-refractivity contribution in [2.75, 3.05) is 11.9 Å². The second-order valence-electron chi connectivity index (χ2n) is 3.81. The zero-order chi connectivity index (χ0) is 10.8. The molecule has 1 N–H and O–H groups in total. The molecule has 0 atom stereocenters. The summed E-state index contributed by atoms with van der Waals surface area (Å²) in [7, 11) is 0. The molecule has 0 unspecified atom stereocenters. The summed E-state index contributed by atoms with van der Waals surface area (Å²) in [5, 5.41) is 21.2. The SMILES string of the molecule is c1cn(CCNc2nnc(C3CC3)s2)nn1. The maximum absolute atomic E-state index is 4.17. The Morgan fingerprint density at radius 1 is 1.44 bits per heavy atom. The van der Waals surface area contributed by atoms with Crippen molar-refractivity contribution in [2.24, 2.45) is 0 Å². The average Bonchev–Trinajstić information content (AvgIpc) is 2.83. The van der Waals surface area contributed by atoms with Crippen molar-refractivity contribution in [3.8, 4) is 0 Å². The van der Waals surface area contributed by atoms with Gasteiger partial charge in [-0.25, -0.2) is 0 Å². The highest BCUT2D eigenvalue weighted by molar-refractivity contribution is 7.15. The highest BCUT2D eigenvalue weighted by atomic mass is 32.1. The first-order chi connectivity index (χ1) is 7.92. The molecule has 1 aliphatic carbocycles. The molecule has 2 heterocycles. The van der Waals surface area contributed by atoms with E-state index in [1.54, 1.807) is 22.2 Å². The van der Waals surface area contributed by atoms with E-state index in [0.717, 1.165) is 18.2 Å². The molecule has 0 radical (unpaired) electrons. The maximum Gasteiger partial charge on any atom is 0.205 e. The number of rotatable bonds is 5. The van der Waals surface area contributed by atoms with E-state index >= 15 is 0 Å². The van der Waals surface area contributed by atoms with Crippen LogP contribution in [0.15, 0.2) is 12.4 Å². The quantitative estimate of drug-likeness (QED) is 0.842. The summed E-state index contributed by atoms with van der Waals surface area (Å²) in [6, 6.07) is 0. The van der Waals surface area contributed by atoms with Gasteiger partial charge in [0.15, 0.2) is 0 Å². The van der Waals surface area contributed by atoms with Crippen molar-refractivity contribution >= 4 is 16.5 Å². The van der Waals surface area contributed by atoms with Crippen molar-refractivity contribution in [3.05, 3.63) is 17.4 Å². The van der Waals surface area contributed by atoms with Crippen molar-refractivity contribution < 1.29 is 0 Å². The summed E-state index contributed by atoms with van der Waals surface area (Å²) < 4.78 is 1.79. The Hall–Kier alpha value is -1.50. The molecule has 0 spiro atoms. The van der Waals surface area contributed by atoms with Crippen molar-refractivity contribution in [2.45, 2.75) is 25.3 Å². The first-order valence-electron chi connectivity index (χ1n) is 5.33. The number of hydrogen-bond acceptors (Lipinski definition) is 6. The fourth-order valence-corrected chi connectivity index (χ4v) is 2.37. The molecule has 1 saturated carbocycles. The summed E-state index contributed by atoms with van der Waals surface area (Å²) >= 11 is 1.66. The third-order valence-corrected chi connectivity index (χ3v) is 3.50. The zero-order valence-electron chi connectivity index (χ0n) is 8.70. The monoisotopic (exact) mass is 236 g/mol. The molecule has 3 rings (SSSR count). The minimum Gasteiger partial charge on any atom is -0.358 e. The van der Waals surface area contributed by atoms with E-state index in [2.05, 4.69) is 25.8 Å². The number of nitrogens with zero attached hydrogens (tertiary/aromatic N) is 5. The van der Waals surface area contributed by atoms with Gasteiger partial charge in [0.05, 0.1) is 12.7 Å². The normalized spacial score (nSPS) is 15.2. The molecule has 2 aromatic heterocycles. The smallest absolute Gasteiger partial charge is 0.205 e. The Bertz CT molecular complexity index is 446. The number of hydrogen-bond donors (Lipinski definition) is 1. The van der Waals surface area contributed by atoms with Gasteiger partial charge in [0, 0.05) is 18.7 Å². The fourth-order valence-electron chi connectivity index (χ4n) is 1.43. The van der Waals surface area contributed by atoms with Gasteiger partial charge >= 0.3 is 0 Å². The van der Waals surface area contributed by atoms with Crippen LogP contribution < -0.4 is 5.32 Å². The predicted molar refractivity (Wildman–Crippen MR) is 60.4 cm³/mol. The first-order valence-corrected chi connectivity index (χ1v) is 6.15. The predicted octanol–water partition coefficient (Wildman–Crippen LogP) is 1.12.